The van der Waals surface area contributed by atoms with E-state index in [9.17, 15) is 18.0 Å². The van der Waals surface area contributed by atoms with Crippen LogP contribution in [0.3, 0.4) is 0 Å². The van der Waals surface area contributed by atoms with Crippen molar-refractivity contribution in [2.45, 2.75) is 6.18 Å². The Balaban J connectivity index is 1.90. The molecule has 0 fully saturated rings. The van der Waals surface area contributed by atoms with Gasteiger partial charge < -0.3 is 5.32 Å². The molecule has 0 aliphatic heterocycles. The van der Waals surface area contributed by atoms with Gasteiger partial charge in [-0.3, -0.25) is 9.48 Å². The Bertz CT molecular complexity index is 1080. The molecule has 1 aromatic heterocycles. The van der Waals surface area contributed by atoms with E-state index >= 15 is 0 Å². The molecule has 0 spiro atoms. The number of nitrogens with one attached hydrogen (secondary N) is 1. The number of carbonyl (C=O) groups is 1. The number of terminal acetylenes is 1. The number of anilines is 1. The van der Waals surface area contributed by atoms with Gasteiger partial charge in [-0.05, 0) is 59.0 Å². The minimum absolute atomic E-state index is 0.128. The predicted molar refractivity (Wildman–Crippen MR) is 109 cm³/mol. The molecule has 0 atom stereocenters. The normalized spacial score (nSPS) is 11.1. The number of hydrogen-bond acceptors (Lipinski definition) is 2. The number of halogens is 4. The van der Waals surface area contributed by atoms with Crippen molar-refractivity contribution in [3.63, 3.8) is 0 Å². The highest BCUT2D eigenvalue weighted by atomic mass is 127. The maximum Gasteiger partial charge on any atom is 0.418 e. The number of carbonyl (C=O) groups excluding carboxylic acids is 1. The molecule has 8 heteroatoms. The van der Waals surface area contributed by atoms with Gasteiger partial charge >= 0.3 is 6.18 Å². The van der Waals surface area contributed by atoms with Gasteiger partial charge in [-0.15, -0.1) is 6.42 Å². The zero-order chi connectivity index (χ0) is 20.5. The maximum atomic E-state index is 13.3. The molecule has 4 nitrogen and oxygen atoms in total. The quantitative estimate of drug-likeness (QED) is 0.414. The zero-order valence-electron chi connectivity index (χ0n) is 14.5. The topological polar surface area (TPSA) is 46.9 Å². The third kappa shape index (κ3) is 4.20. The highest BCUT2D eigenvalue weighted by Gasteiger charge is 2.34. The fourth-order valence-electron chi connectivity index (χ4n) is 2.60. The fourth-order valence-corrected chi connectivity index (χ4v) is 3.10. The van der Waals surface area contributed by atoms with E-state index in [0.717, 1.165) is 11.6 Å². The van der Waals surface area contributed by atoms with Gasteiger partial charge in [-0.2, -0.15) is 18.3 Å². The van der Waals surface area contributed by atoms with Crippen LogP contribution in [-0.2, 0) is 13.2 Å². The monoisotopic (exact) mass is 495 g/mol. The molecule has 1 N–H and O–H groups in total. The summed E-state index contributed by atoms with van der Waals surface area (Å²) in [5.41, 5.74) is 0.867. The molecule has 0 bridgehead atoms. The van der Waals surface area contributed by atoms with Gasteiger partial charge in [-0.1, -0.05) is 18.1 Å². The van der Waals surface area contributed by atoms with E-state index in [0.29, 0.717) is 14.8 Å². The number of benzene rings is 2. The molecule has 0 aliphatic rings. The number of nitrogens with zero attached hydrogens (tertiary/aromatic N) is 2. The number of aryl methyl sites for hydroxylation is 1. The molecule has 3 rings (SSSR count). The Morgan fingerprint density at radius 3 is 2.46 bits per heavy atom. The van der Waals surface area contributed by atoms with Gasteiger partial charge in [0.1, 0.15) is 5.69 Å². The van der Waals surface area contributed by atoms with Crippen LogP contribution in [0.25, 0.3) is 11.3 Å². The standard InChI is InChI=1S/C20H13F3IN3O/c1-3-12-4-6-13(7-5-12)17-11-18(27(2)26-17)19(28)25-16-9-8-14(24)10-15(16)20(21,22)23/h1,4-11H,2H3,(H,25,28). The lowest BCUT2D eigenvalue weighted by molar-refractivity contribution is -0.137. The first-order chi connectivity index (χ1) is 13.2. The van der Waals surface area contributed by atoms with Crippen molar-refractivity contribution in [1.29, 1.82) is 0 Å². The molecule has 1 heterocycles. The summed E-state index contributed by atoms with van der Waals surface area (Å²) in [6.07, 6.45) is 0.746. The van der Waals surface area contributed by atoms with Crippen molar-refractivity contribution in [3.8, 4) is 23.6 Å². The lowest BCUT2D eigenvalue weighted by Crippen LogP contribution is -2.19. The van der Waals surface area contributed by atoms with Crippen molar-refractivity contribution < 1.29 is 18.0 Å². The van der Waals surface area contributed by atoms with Gasteiger partial charge in [0.25, 0.3) is 5.91 Å². The molecule has 0 aliphatic carbocycles. The van der Waals surface area contributed by atoms with E-state index in [2.05, 4.69) is 16.3 Å². The number of aromatic nitrogens is 2. The molecule has 28 heavy (non-hydrogen) atoms. The number of rotatable bonds is 3. The Morgan fingerprint density at radius 1 is 1.18 bits per heavy atom. The van der Waals surface area contributed by atoms with Gasteiger partial charge in [0.05, 0.1) is 16.9 Å². The Hall–Kier alpha value is -2.80. The summed E-state index contributed by atoms with van der Waals surface area (Å²) in [7, 11) is 1.55. The molecule has 1 amide bonds. The van der Waals surface area contributed by atoms with Crippen LogP contribution in [0.15, 0.2) is 48.5 Å². The summed E-state index contributed by atoms with van der Waals surface area (Å²) in [5.74, 6) is 1.82. The van der Waals surface area contributed by atoms with Crippen LogP contribution in [0.5, 0.6) is 0 Å². The minimum Gasteiger partial charge on any atom is -0.320 e. The highest BCUT2D eigenvalue weighted by molar-refractivity contribution is 14.1. The summed E-state index contributed by atoms with van der Waals surface area (Å²) >= 11 is 1.79. The molecule has 3 aromatic rings. The van der Waals surface area contributed by atoms with Crippen molar-refractivity contribution in [1.82, 2.24) is 9.78 Å². The Kier molecular flexibility index (Phi) is 5.47. The summed E-state index contributed by atoms with van der Waals surface area (Å²) in [5, 5.41) is 6.60. The summed E-state index contributed by atoms with van der Waals surface area (Å²) in [6.45, 7) is 0. The molecule has 142 valence electrons. The van der Waals surface area contributed by atoms with Crippen LogP contribution in [0.1, 0.15) is 21.6 Å². The average molecular weight is 495 g/mol. The van der Waals surface area contributed by atoms with Gasteiger partial charge in [0.2, 0.25) is 0 Å². The average Bonchev–Trinajstić information content (AvgIpc) is 3.04. The first-order valence-electron chi connectivity index (χ1n) is 7.98. The van der Waals surface area contributed by atoms with Gasteiger partial charge in [0, 0.05) is 21.7 Å². The second-order valence-electron chi connectivity index (χ2n) is 5.90. The summed E-state index contributed by atoms with van der Waals surface area (Å²) in [6, 6.07) is 12.2. The van der Waals surface area contributed by atoms with Gasteiger partial charge in [0.15, 0.2) is 0 Å². The lowest BCUT2D eigenvalue weighted by Gasteiger charge is -2.14. The maximum absolute atomic E-state index is 13.3. The van der Waals surface area contributed by atoms with Crippen molar-refractivity contribution in [2.75, 3.05) is 5.32 Å². The lowest BCUT2D eigenvalue weighted by atomic mass is 10.1. The minimum atomic E-state index is -4.58. The largest absolute Gasteiger partial charge is 0.418 e. The Labute approximate surface area is 172 Å². The van der Waals surface area contributed by atoms with Gasteiger partial charge in [-0.25, -0.2) is 0 Å². The van der Waals surface area contributed by atoms with Crippen molar-refractivity contribution in [3.05, 3.63) is 68.9 Å². The SMILES string of the molecule is C#Cc1ccc(-c2cc(C(=O)Nc3ccc(I)cc3C(F)(F)F)n(C)n2)cc1. The molecule has 0 unspecified atom stereocenters. The van der Waals surface area contributed by atoms with Crippen LogP contribution in [0.4, 0.5) is 18.9 Å². The molecule has 0 radical (unpaired) electrons. The van der Waals surface area contributed by atoms with Crippen molar-refractivity contribution in [2.24, 2.45) is 7.05 Å². The second kappa shape index (κ2) is 7.67. The van der Waals surface area contributed by atoms with Crippen LogP contribution in [0.2, 0.25) is 0 Å². The number of hydrogen-bond donors (Lipinski definition) is 1. The fraction of sp³-hybridized carbons (Fsp3) is 0.100. The summed E-state index contributed by atoms with van der Waals surface area (Å²) in [4.78, 5) is 12.6. The van der Waals surface area contributed by atoms with Crippen LogP contribution in [0, 0.1) is 15.9 Å². The smallest absolute Gasteiger partial charge is 0.320 e. The van der Waals surface area contributed by atoms with E-state index < -0.39 is 17.6 Å². The predicted octanol–water partition coefficient (Wildman–Crippen LogP) is 4.94. The van der Waals surface area contributed by atoms with E-state index in [-0.39, 0.29) is 11.4 Å². The molecule has 2 aromatic carbocycles. The highest BCUT2D eigenvalue weighted by Crippen LogP contribution is 2.36. The zero-order valence-corrected chi connectivity index (χ0v) is 16.7. The molecular formula is C20H13F3IN3O. The van der Waals surface area contributed by atoms with E-state index in [1.54, 1.807) is 53.9 Å². The number of alkyl halides is 3. The molecular weight excluding hydrogens is 482 g/mol. The molecule has 0 saturated carbocycles. The van der Waals surface area contributed by atoms with Crippen LogP contribution in [-0.4, -0.2) is 15.7 Å². The van der Waals surface area contributed by atoms with Crippen LogP contribution >= 0.6 is 22.6 Å². The van der Waals surface area contributed by atoms with E-state index in [1.165, 1.54) is 22.9 Å². The first-order valence-corrected chi connectivity index (χ1v) is 9.06. The van der Waals surface area contributed by atoms with Crippen molar-refractivity contribution >= 4 is 34.2 Å². The summed E-state index contributed by atoms with van der Waals surface area (Å²) < 4.78 is 41.5. The van der Waals surface area contributed by atoms with E-state index in [1.807, 2.05) is 0 Å². The van der Waals surface area contributed by atoms with E-state index in [4.69, 9.17) is 6.42 Å². The number of amides is 1. The first kappa shape index (κ1) is 19.9. The third-order valence-corrected chi connectivity index (χ3v) is 4.67. The second-order valence-corrected chi connectivity index (χ2v) is 7.15. The van der Waals surface area contributed by atoms with Crippen LogP contribution < -0.4 is 5.32 Å². The Morgan fingerprint density at radius 2 is 1.86 bits per heavy atom. The third-order valence-electron chi connectivity index (χ3n) is 3.99. The molecule has 0 saturated heterocycles.